The lowest BCUT2D eigenvalue weighted by Crippen LogP contribution is -2.37. The number of sulfonamides is 1. The summed E-state index contributed by atoms with van der Waals surface area (Å²) in [5.41, 5.74) is 0.261. The van der Waals surface area contributed by atoms with Gasteiger partial charge in [-0.3, -0.25) is 9.10 Å². The zero-order chi connectivity index (χ0) is 29.0. The maximum atomic E-state index is 15.1. The Morgan fingerprint density at radius 2 is 1.60 bits per heavy atom. The van der Waals surface area contributed by atoms with Gasteiger partial charge in [-0.1, -0.05) is 24.6 Å². The molecule has 4 rings (SSSR count). The second kappa shape index (κ2) is 12.6. The minimum Gasteiger partial charge on any atom is -0.353 e. The van der Waals surface area contributed by atoms with Crippen LogP contribution in [0.15, 0.2) is 65.6 Å². The first-order chi connectivity index (χ1) is 19.0. The third kappa shape index (κ3) is 6.99. The number of nitrogens with zero attached hydrogens (tertiary/aromatic N) is 1. The van der Waals surface area contributed by atoms with E-state index in [0.717, 1.165) is 48.2 Å². The Hall–Kier alpha value is -3.04. The summed E-state index contributed by atoms with van der Waals surface area (Å²) in [4.78, 5) is 12.5. The molecule has 1 N–H and O–H groups in total. The van der Waals surface area contributed by atoms with E-state index < -0.39 is 39.2 Å². The number of carbonyl (C=O) groups excluding carboxylic acids is 1. The SMILES string of the molecule is CC1CCC(NC(=O)CCc2cc(F)ccc2[C@@H](C)N(c2cc(F)ccc2F)S(=O)(=O)c2ccc(Cl)cc2)CC1. The summed E-state index contributed by atoms with van der Waals surface area (Å²) in [5, 5.41) is 3.35. The monoisotopic (exact) mass is 592 g/mol. The van der Waals surface area contributed by atoms with Crippen LogP contribution in [-0.4, -0.2) is 20.4 Å². The third-order valence-electron chi connectivity index (χ3n) is 7.43. The van der Waals surface area contributed by atoms with Crippen molar-refractivity contribution in [1.29, 1.82) is 0 Å². The van der Waals surface area contributed by atoms with Crippen LogP contribution < -0.4 is 9.62 Å². The van der Waals surface area contributed by atoms with Crippen molar-refractivity contribution < 1.29 is 26.4 Å². The van der Waals surface area contributed by atoms with Gasteiger partial charge in [-0.05, 0) is 105 Å². The predicted molar refractivity (Wildman–Crippen MR) is 150 cm³/mol. The molecule has 0 unspecified atom stereocenters. The highest BCUT2D eigenvalue weighted by Crippen LogP contribution is 2.37. The van der Waals surface area contributed by atoms with Crippen molar-refractivity contribution in [3.8, 4) is 0 Å². The largest absolute Gasteiger partial charge is 0.353 e. The molecule has 5 nitrogen and oxygen atoms in total. The third-order valence-corrected chi connectivity index (χ3v) is 9.58. The van der Waals surface area contributed by atoms with Crippen molar-refractivity contribution in [2.24, 2.45) is 5.92 Å². The smallest absolute Gasteiger partial charge is 0.264 e. The van der Waals surface area contributed by atoms with E-state index in [1.54, 1.807) is 0 Å². The van der Waals surface area contributed by atoms with Gasteiger partial charge in [-0.2, -0.15) is 0 Å². The van der Waals surface area contributed by atoms with Crippen LogP contribution in [0, 0.1) is 23.4 Å². The summed E-state index contributed by atoms with van der Waals surface area (Å²) in [5.74, 6) is -1.87. The van der Waals surface area contributed by atoms with Crippen molar-refractivity contribution in [2.45, 2.75) is 69.4 Å². The number of anilines is 1. The molecular formula is C30H32ClF3N2O3S. The van der Waals surface area contributed by atoms with Crippen LogP contribution in [0.4, 0.5) is 18.9 Å². The molecule has 0 radical (unpaired) electrons. The molecule has 10 heteroatoms. The fourth-order valence-corrected chi connectivity index (χ4v) is 6.96. The number of aryl methyl sites for hydroxylation is 1. The zero-order valence-electron chi connectivity index (χ0n) is 22.3. The lowest BCUT2D eigenvalue weighted by molar-refractivity contribution is -0.122. The van der Waals surface area contributed by atoms with E-state index in [4.69, 9.17) is 11.6 Å². The highest BCUT2D eigenvalue weighted by Gasteiger charge is 2.34. The number of rotatable bonds is 9. The Morgan fingerprint density at radius 1 is 0.975 bits per heavy atom. The van der Waals surface area contributed by atoms with Gasteiger partial charge >= 0.3 is 0 Å². The molecule has 0 aliphatic heterocycles. The molecule has 3 aromatic rings. The molecule has 1 atom stereocenters. The molecule has 1 aliphatic carbocycles. The maximum absolute atomic E-state index is 15.1. The Bertz CT molecular complexity index is 1460. The molecule has 0 bridgehead atoms. The van der Waals surface area contributed by atoms with Gasteiger partial charge in [0.05, 0.1) is 16.6 Å². The minimum atomic E-state index is -4.44. The van der Waals surface area contributed by atoms with E-state index in [2.05, 4.69) is 12.2 Å². The maximum Gasteiger partial charge on any atom is 0.264 e. The molecule has 0 heterocycles. The van der Waals surface area contributed by atoms with Gasteiger partial charge in [0.2, 0.25) is 5.91 Å². The summed E-state index contributed by atoms with van der Waals surface area (Å²) in [7, 11) is -4.44. The summed E-state index contributed by atoms with van der Waals surface area (Å²) in [6.45, 7) is 3.70. The Balaban J connectivity index is 1.67. The van der Waals surface area contributed by atoms with Crippen molar-refractivity contribution in [3.63, 3.8) is 0 Å². The van der Waals surface area contributed by atoms with Gasteiger partial charge in [0.25, 0.3) is 10.0 Å². The lowest BCUT2D eigenvalue weighted by Gasteiger charge is -2.32. The Kier molecular flexibility index (Phi) is 9.46. The number of carbonyl (C=O) groups is 1. The number of halogens is 4. The van der Waals surface area contributed by atoms with Gasteiger partial charge in [0.1, 0.15) is 17.5 Å². The number of nitrogens with one attached hydrogen (secondary N) is 1. The van der Waals surface area contributed by atoms with Crippen molar-refractivity contribution in [3.05, 3.63) is 94.3 Å². The number of amides is 1. The normalized spacial score (nSPS) is 18.2. The van der Waals surface area contributed by atoms with Crippen LogP contribution >= 0.6 is 11.6 Å². The van der Waals surface area contributed by atoms with Gasteiger partial charge in [-0.25, -0.2) is 21.6 Å². The van der Waals surface area contributed by atoms with Crippen LogP contribution in [0.3, 0.4) is 0 Å². The summed E-state index contributed by atoms with van der Waals surface area (Å²) in [6, 6.07) is 10.7. The van der Waals surface area contributed by atoms with Crippen molar-refractivity contribution in [1.82, 2.24) is 5.32 Å². The van der Waals surface area contributed by atoms with E-state index in [1.165, 1.54) is 49.4 Å². The fraction of sp³-hybridized carbons (Fsp3) is 0.367. The lowest BCUT2D eigenvalue weighted by atomic mass is 9.87. The summed E-state index contributed by atoms with van der Waals surface area (Å²) in [6.07, 6.45) is 4.11. The van der Waals surface area contributed by atoms with E-state index >= 15 is 4.39 Å². The highest BCUT2D eigenvalue weighted by atomic mass is 35.5. The van der Waals surface area contributed by atoms with Crippen molar-refractivity contribution >= 4 is 33.2 Å². The number of hydrogen-bond donors (Lipinski definition) is 1. The second-order valence-electron chi connectivity index (χ2n) is 10.4. The molecule has 0 saturated heterocycles. The molecular weight excluding hydrogens is 561 g/mol. The fourth-order valence-electron chi connectivity index (χ4n) is 5.20. The first-order valence-electron chi connectivity index (χ1n) is 13.3. The van der Waals surface area contributed by atoms with E-state index in [0.29, 0.717) is 22.1 Å². The van der Waals surface area contributed by atoms with Crippen molar-refractivity contribution in [2.75, 3.05) is 4.31 Å². The van der Waals surface area contributed by atoms with Crippen LogP contribution in [0.1, 0.15) is 63.1 Å². The molecule has 1 amide bonds. The van der Waals surface area contributed by atoms with Crippen LogP contribution in [0.5, 0.6) is 0 Å². The second-order valence-corrected chi connectivity index (χ2v) is 12.6. The van der Waals surface area contributed by atoms with E-state index in [-0.39, 0.29) is 29.7 Å². The first-order valence-corrected chi connectivity index (χ1v) is 15.1. The number of hydrogen-bond acceptors (Lipinski definition) is 3. The highest BCUT2D eigenvalue weighted by molar-refractivity contribution is 7.92. The molecule has 214 valence electrons. The van der Waals surface area contributed by atoms with E-state index in [1.807, 2.05) is 0 Å². The van der Waals surface area contributed by atoms with Gasteiger partial charge in [-0.15, -0.1) is 0 Å². The Morgan fingerprint density at radius 3 is 2.27 bits per heavy atom. The molecule has 1 aliphatic rings. The summed E-state index contributed by atoms with van der Waals surface area (Å²) >= 11 is 5.94. The molecule has 1 saturated carbocycles. The number of benzene rings is 3. The average molecular weight is 593 g/mol. The molecule has 0 spiro atoms. The van der Waals surface area contributed by atoms with Crippen LogP contribution in [-0.2, 0) is 21.2 Å². The molecule has 1 fully saturated rings. The predicted octanol–water partition coefficient (Wildman–Crippen LogP) is 7.34. The zero-order valence-corrected chi connectivity index (χ0v) is 23.9. The van der Waals surface area contributed by atoms with Gasteiger partial charge in [0, 0.05) is 23.6 Å². The molecule has 3 aromatic carbocycles. The Labute approximate surface area is 238 Å². The molecule has 0 aromatic heterocycles. The first kappa shape index (κ1) is 29.9. The van der Waals surface area contributed by atoms with Crippen LogP contribution in [0.25, 0.3) is 0 Å². The summed E-state index contributed by atoms with van der Waals surface area (Å²) < 4.78 is 72.2. The van der Waals surface area contributed by atoms with Gasteiger partial charge in [0.15, 0.2) is 0 Å². The van der Waals surface area contributed by atoms with Gasteiger partial charge < -0.3 is 5.32 Å². The molecule has 40 heavy (non-hydrogen) atoms. The quantitative estimate of drug-likeness (QED) is 0.283. The van der Waals surface area contributed by atoms with Crippen LogP contribution in [0.2, 0.25) is 5.02 Å². The standard InChI is InChI=1S/C30H32ClF3N2O3S/c1-19-3-10-25(11-4-19)35-30(37)16-5-21-17-23(32)8-14-27(21)20(2)36(29-18-24(33)9-15-28(29)34)40(38,39)26-12-6-22(31)7-13-26/h6-9,12-15,17-20,25H,3-5,10-11,16H2,1-2H3,(H,35,37)/t19?,20-,25?/m1/s1. The van der Waals surface area contributed by atoms with E-state index in [9.17, 15) is 22.0 Å². The minimum absolute atomic E-state index is 0.0630. The topological polar surface area (TPSA) is 66.5 Å². The average Bonchev–Trinajstić information content (AvgIpc) is 2.91.